The molecule has 5 nitrogen and oxygen atoms in total. The molecule has 0 aromatic carbocycles. The highest BCUT2D eigenvalue weighted by molar-refractivity contribution is 5.95. The molecule has 1 rings (SSSR count). The van der Waals surface area contributed by atoms with Crippen molar-refractivity contribution >= 4 is 5.91 Å². The summed E-state index contributed by atoms with van der Waals surface area (Å²) in [5.41, 5.74) is 1.23. The van der Waals surface area contributed by atoms with Crippen LogP contribution in [0.3, 0.4) is 0 Å². The van der Waals surface area contributed by atoms with Gasteiger partial charge in [0.05, 0.1) is 29.1 Å². The Morgan fingerprint density at radius 2 is 2.00 bits per heavy atom. The molecule has 0 aliphatic carbocycles. The van der Waals surface area contributed by atoms with Crippen molar-refractivity contribution in [2.45, 2.75) is 33.2 Å². The van der Waals surface area contributed by atoms with Gasteiger partial charge in [-0.05, 0) is 33.8 Å². The molecule has 0 fully saturated rings. The van der Waals surface area contributed by atoms with Crippen molar-refractivity contribution < 1.29 is 9.90 Å². The van der Waals surface area contributed by atoms with Crippen LogP contribution >= 0.6 is 0 Å². The molecular weight excluding hydrogens is 218 g/mol. The maximum absolute atomic E-state index is 12.3. The summed E-state index contributed by atoms with van der Waals surface area (Å²) in [6.45, 7) is 7.06. The average Bonchev–Trinajstić information content (AvgIpc) is 2.30. The number of hydrogen-bond acceptors (Lipinski definition) is 4. The van der Waals surface area contributed by atoms with Gasteiger partial charge in [0.15, 0.2) is 0 Å². The first-order valence-electron chi connectivity index (χ1n) is 5.49. The van der Waals surface area contributed by atoms with Crippen molar-refractivity contribution in [2.75, 3.05) is 13.7 Å². The predicted octanol–water partition coefficient (Wildman–Crippen LogP) is 0.936. The Kier molecular flexibility index (Phi) is 3.83. The van der Waals surface area contributed by atoms with Crippen molar-refractivity contribution in [3.8, 4) is 0 Å². The van der Waals surface area contributed by atoms with Crippen LogP contribution in [0.25, 0.3) is 0 Å². The van der Waals surface area contributed by atoms with Gasteiger partial charge < -0.3 is 10.0 Å². The Labute approximate surface area is 101 Å². The van der Waals surface area contributed by atoms with E-state index in [0.717, 1.165) is 0 Å². The largest absolute Gasteiger partial charge is 0.394 e. The number of rotatable bonds is 3. The van der Waals surface area contributed by atoms with E-state index in [1.54, 1.807) is 27.0 Å². The number of aryl methyl sites for hydroxylation is 2. The van der Waals surface area contributed by atoms with Gasteiger partial charge >= 0.3 is 0 Å². The van der Waals surface area contributed by atoms with Crippen LogP contribution in [-0.4, -0.2) is 45.3 Å². The summed E-state index contributed by atoms with van der Waals surface area (Å²) < 4.78 is 0. The molecule has 17 heavy (non-hydrogen) atoms. The first-order chi connectivity index (χ1) is 7.79. The Bertz CT molecular complexity index is 430. The first-order valence-corrected chi connectivity index (χ1v) is 5.49. The Hall–Kier alpha value is -1.49. The molecule has 0 atom stereocenters. The summed E-state index contributed by atoms with van der Waals surface area (Å²) in [4.78, 5) is 13.8. The maximum Gasteiger partial charge on any atom is 0.256 e. The molecule has 0 aliphatic heterocycles. The van der Waals surface area contributed by atoms with Crippen LogP contribution in [0.15, 0.2) is 6.07 Å². The molecule has 1 N–H and O–H groups in total. The standard InChI is InChI=1S/C12H19N3O2/c1-8-6-10(9(2)14-13-8)11(17)15(5)12(3,4)7-16/h6,16H,7H2,1-5H3. The van der Waals surface area contributed by atoms with Crippen molar-refractivity contribution in [3.05, 3.63) is 23.0 Å². The fourth-order valence-electron chi connectivity index (χ4n) is 1.33. The van der Waals surface area contributed by atoms with Gasteiger partial charge in [-0.15, -0.1) is 0 Å². The second-order valence-electron chi connectivity index (χ2n) is 4.82. The minimum atomic E-state index is -0.597. The summed E-state index contributed by atoms with van der Waals surface area (Å²) in [6.07, 6.45) is 0. The highest BCUT2D eigenvalue weighted by Gasteiger charge is 2.28. The minimum Gasteiger partial charge on any atom is -0.394 e. The van der Waals surface area contributed by atoms with E-state index in [0.29, 0.717) is 17.0 Å². The van der Waals surface area contributed by atoms with Crippen LogP contribution in [0.4, 0.5) is 0 Å². The van der Waals surface area contributed by atoms with E-state index in [1.165, 1.54) is 4.90 Å². The number of nitrogens with zero attached hydrogens (tertiary/aromatic N) is 3. The molecule has 0 saturated carbocycles. The van der Waals surface area contributed by atoms with E-state index in [1.807, 2.05) is 13.8 Å². The third kappa shape index (κ3) is 2.79. The smallest absolute Gasteiger partial charge is 0.256 e. The molecule has 5 heteroatoms. The van der Waals surface area contributed by atoms with E-state index in [9.17, 15) is 9.90 Å². The Balaban J connectivity index is 3.08. The van der Waals surface area contributed by atoms with E-state index < -0.39 is 5.54 Å². The number of amides is 1. The normalized spacial score (nSPS) is 11.4. The second kappa shape index (κ2) is 4.79. The van der Waals surface area contributed by atoms with Crippen LogP contribution in [0.1, 0.15) is 35.6 Å². The number of carbonyl (C=O) groups excluding carboxylic acids is 1. The van der Waals surface area contributed by atoms with Crippen LogP contribution < -0.4 is 0 Å². The highest BCUT2D eigenvalue weighted by atomic mass is 16.3. The molecule has 0 bridgehead atoms. The maximum atomic E-state index is 12.3. The SMILES string of the molecule is Cc1cc(C(=O)N(C)C(C)(C)CO)c(C)nn1. The average molecular weight is 237 g/mol. The monoisotopic (exact) mass is 237 g/mol. The van der Waals surface area contributed by atoms with Gasteiger partial charge in [-0.25, -0.2) is 0 Å². The molecule has 0 aliphatic rings. The van der Waals surface area contributed by atoms with Gasteiger partial charge in [0.25, 0.3) is 5.91 Å². The highest BCUT2D eigenvalue weighted by Crippen LogP contribution is 2.16. The zero-order chi connectivity index (χ0) is 13.2. The molecule has 1 aromatic rings. The molecule has 0 spiro atoms. The third-order valence-corrected chi connectivity index (χ3v) is 2.93. The van der Waals surface area contributed by atoms with Crippen LogP contribution in [0.2, 0.25) is 0 Å². The number of hydrogen-bond donors (Lipinski definition) is 1. The molecule has 1 heterocycles. The molecule has 0 saturated heterocycles. The number of likely N-dealkylation sites (N-methyl/N-ethyl adjacent to an activating group) is 1. The lowest BCUT2D eigenvalue weighted by molar-refractivity contribution is 0.0471. The first kappa shape index (κ1) is 13.6. The van der Waals surface area contributed by atoms with Crippen molar-refractivity contribution in [1.82, 2.24) is 15.1 Å². The van der Waals surface area contributed by atoms with Gasteiger partial charge in [0.1, 0.15) is 0 Å². The summed E-state index contributed by atoms with van der Waals surface area (Å²) in [5, 5.41) is 17.1. The number of aliphatic hydroxyl groups excluding tert-OH is 1. The third-order valence-electron chi connectivity index (χ3n) is 2.93. The lowest BCUT2D eigenvalue weighted by Gasteiger charge is -2.34. The zero-order valence-corrected chi connectivity index (χ0v) is 11.0. The Morgan fingerprint density at radius 3 is 2.53 bits per heavy atom. The molecule has 1 aromatic heterocycles. The van der Waals surface area contributed by atoms with E-state index in [4.69, 9.17) is 0 Å². The molecule has 0 radical (unpaired) electrons. The van der Waals surface area contributed by atoms with Crippen LogP contribution in [0, 0.1) is 13.8 Å². The second-order valence-corrected chi connectivity index (χ2v) is 4.82. The zero-order valence-electron chi connectivity index (χ0n) is 11.0. The van der Waals surface area contributed by atoms with Crippen LogP contribution in [-0.2, 0) is 0 Å². The fraction of sp³-hybridized carbons (Fsp3) is 0.583. The Morgan fingerprint density at radius 1 is 1.41 bits per heavy atom. The van der Waals surface area contributed by atoms with Gasteiger partial charge in [0, 0.05) is 7.05 Å². The molecule has 94 valence electrons. The van der Waals surface area contributed by atoms with Crippen molar-refractivity contribution in [2.24, 2.45) is 0 Å². The quantitative estimate of drug-likeness (QED) is 0.849. The van der Waals surface area contributed by atoms with E-state index in [-0.39, 0.29) is 12.5 Å². The van der Waals surface area contributed by atoms with Crippen molar-refractivity contribution in [3.63, 3.8) is 0 Å². The van der Waals surface area contributed by atoms with E-state index in [2.05, 4.69) is 10.2 Å². The molecular formula is C12H19N3O2. The predicted molar refractivity (Wildman–Crippen MR) is 64.8 cm³/mol. The lowest BCUT2D eigenvalue weighted by Crippen LogP contribution is -2.47. The van der Waals surface area contributed by atoms with Gasteiger partial charge in [0.2, 0.25) is 0 Å². The summed E-state index contributed by atoms with van der Waals surface area (Å²) in [6, 6.07) is 1.72. The lowest BCUT2D eigenvalue weighted by atomic mass is 10.0. The molecule has 0 unspecified atom stereocenters. The van der Waals surface area contributed by atoms with E-state index >= 15 is 0 Å². The number of aliphatic hydroxyl groups is 1. The topological polar surface area (TPSA) is 66.3 Å². The summed E-state index contributed by atoms with van der Waals surface area (Å²) in [5.74, 6) is -0.153. The number of aromatic nitrogens is 2. The molecule has 1 amide bonds. The van der Waals surface area contributed by atoms with Gasteiger partial charge in [-0.1, -0.05) is 0 Å². The summed E-state index contributed by atoms with van der Waals surface area (Å²) in [7, 11) is 1.67. The minimum absolute atomic E-state index is 0.0915. The fourth-order valence-corrected chi connectivity index (χ4v) is 1.33. The summed E-state index contributed by atoms with van der Waals surface area (Å²) >= 11 is 0. The van der Waals surface area contributed by atoms with Gasteiger partial charge in [-0.3, -0.25) is 4.79 Å². The van der Waals surface area contributed by atoms with Crippen LogP contribution in [0.5, 0.6) is 0 Å². The number of carbonyl (C=O) groups is 1. The van der Waals surface area contributed by atoms with Gasteiger partial charge in [-0.2, -0.15) is 10.2 Å². The van der Waals surface area contributed by atoms with Crippen molar-refractivity contribution in [1.29, 1.82) is 0 Å².